The summed E-state index contributed by atoms with van der Waals surface area (Å²) in [4.78, 5) is 24.5. The van der Waals surface area contributed by atoms with E-state index in [9.17, 15) is 19.3 Å². The minimum absolute atomic E-state index is 0.158. The van der Waals surface area contributed by atoms with Crippen LogP contribution in [0.2, 0.25) is 0 Å². The molecule has 0 radical (unpaired) electrons. The summed E-state index contributed by atoms with van der Waals surface area (Å²) in [6.07, 6.45) is 1.49. The van der Waals surface area contributed by atoms with Gasteiger partial charge in [0.15, 0.2) is 11.5 Å². The lowest BCUT2D eigenvalue weighted by Crippen LogP contribution is -2.31. The standard InChI is InChI=1S/C18H15FN2O5/c19-17-12(3-1-4-14(17)21(23)24)18(22)20-8-2-5-13(20)11-6-7-15-16(9-11)26-10-25-15/h1,3-4,6-7,9,13H,2,5,8,10H2/t13-/m0/s1. The summed E-state index contributed by atoms with van der Waals surface area (Å²) in [7, 11) is 0. The van der Waals surface area contributed by atoms with Crippen LogP contribution >= 0.6 is 0 Å². The van der Waals surface area contributed by atoms with Crippen molar-refractivity contribution in [1.82, 2.24) is 4.90 Å². The second-order valence-electron chi connectivity index (χ2n) is 6.17. The first-order chi connectivity index (χ1) is 12.6. The van der Waals surface area contributed by atoms with E-state index in [1.54, 1.807) is 11.0 Å². The molecule has 0 spiro atoms. The topological polar surface area (TPSA) is 81.9 Å². The molecule has 7 nitrogen and oxygen atoms in total. The first-order valence-electron chi connectivity index (χ1n) is 8.19. The minimum Gasteiger partial charge on any atom is -0.454 e. The van der Waals surface area contributed by atoms with Crippen LogP contribution in [0, 0.1) is 15.9 Å². The summed E-state index contributed by atoms with van der Waals surface area (Å²) in [5, 5.41) is 10.9. The largest absolute Gasteiger partial charge is 0.454 e. The van der Waals surface area contributed by atoms with Gasteiger partial charge in [0, 0.05) is 12.6 Å². The lowest BCUT2D eigenvalue weighted by molar-refractivity contribution is -0.387. The molecule has 0 unspecified atom stereocenters. The van der Waals surface area contributed by atoms with Crippen LogP contribution in [0.15, 0.2) is 36.4 Å². The van der Waals surface area contributed by atoms with Gasteiger partial charge in [0.1, 0.15) is 0 Å². The maximum absolute atomic E-state index is 14.4. The van der Waals surface area contributed by atoms with Crippen molar-refractivity contribution in [2.24, 2.45) is 0 Å². The molecule has 2 aromatic rings. The van der Waals surface area contributed by atoms with Gasteiger partial charge in [-0.1, -0.05) is 12.1 Å². The van der Waals surface area contributed by atoms with Gasteiger partial charge in [0.25, 0.3) is 5.91 Å². The number of nitro benzene ring substituents is 1. The van der Waals surface area contributed by atoms with E-state index >= 15 is 0 Å². The molecule has 0 bridgehead atoms. The Morgan fingerprint density at radius 1 is 1.23 bits per heavy atom. The molecule has 0 saturated carbocycles. The molecule has 0 aromatic heterocycles. The zero-order chi connectivity index (χ0) is 18.3. The summed E-state index contributed by atoms with van der Waals surface area (Å²) in [5.41, 5.74) is -0.118. The molecule has 1 amide bonds. The van der Waals surface area contributed by atoms with Crippen LogP contribution in [-0.2, 0) is 0 Å². The molecular weight excluding hydrogens is 343 g/mol. The Balaban J connectivity index is 1.66. The molecule has 2 aliphatic rings. The van der Waals surface area contributed by atoms with Crippen molar-refractivity contribution in [2.75, 3.05) is 13.3 Å². The van der Waals surface area contributed by atoms with Crippen molar-refractivity contribution in [3.63, 3.8) is 0 Å². The summed E-state index contributed by atoms with van der Waals surface area (Å²) < 4.78 is 25.1. The van der Waals surface area contributed by atoms with Crippen molar-refractivity contribution < 1.29 is 23.6 Å². The SMILES string of the molecule is O=C(c1cccc([N+](=O)[O-])c1F)N1CCC[C@H]1c1ccc2c(c1)OCO2. The summed E-state index contributed by atoms with van der Waals surface area (Å²) in [5.74, 6) is -0.386. The summed E-state index contributed by atoms with van der Waals surface area (Å²) in [6, 6.07) is 8.86. The predicted octanol–water partition coefficient (Wildman–Crippen LogP) is 3.44. The number of ether oxygens (including phenoxy) is 2. The Kier molecular flexibility index (Phi) is 3.95. The van der Waals surface area contributed by atoms with Gasteiger partial charge >= 0.3 is 5.69 Å². The van der Waals surface area contributed by atoms with Crippen LogP contribution < -0.4 is 9.47 Å². The van der Waals surface area contributed by atoms with Crippen molar-refractivity contribution in [3.8, 4) is 11.5 Å². The Labute approximate surface area is 148 Å². The normalized spacial score (nSPS) is 18.2. The predicted molar refractivity (Wildman–Crippen MR) is 88.6 cm³/mol. The van der Waals surface area contributed by atoms with Gasteiger partial charge in [-0.2, -0.15) is 4.39 Å². The lowest BCUT2D eigenvalue weighted by atomic mass is 10.0. The Bertz CT molecular complexity index is 901. The van der Waals surface area contributed by atoms with Gasteiger partial charge in [0.2, 0.25) is 12.6 Å². The Morgan fingerprint density at radius 3 is 2.85 bits per heavy atom. The zero-order valence-electron chi connectivity index (χ0n) is 13.7. The van der Waals surface area contributed by atoms with Gasteiger partial charge in [-0.05, 0) is 36.6 Å². The number of carbonyl (C=O) groups excluding carboxylic acids is 1. The molecule has 2 aromatic carbocycles. The first-order valence-corrected chi connectivity index (χ1v) is 8.19. The van der Waals surface area contributed by atoms with E-state index in [1.165, 1.54) is 12.1 Å². The number of hydrogen-bond donors (Lipinski definition) is 0. The van der Waals surface area contributed by atoms with E-state index in [2.05, 4.69) is 0 Å². The lowest BCUT2D eigenvalue weighted by Gasteiger charge is -2.25. The van der Waals surface area contributed by atoms with E-state index in [0.717, 1.165) is 24.5 Å². The average molecular weight is 358 g/mol. The fraction of sp³-hybridized carbons (Fsp3) is 0.278. The molecule has 2 aliphatic heterocycles. The number of likely N-dealkylation sites (tertiary alicyclic amines) is 1. The first kappa shape index (κ1) is 16.3. The molecule has 1 atom stereocenters. The molecule has 134 valence electrons. The van der Waals surface area contributed by atoms with Crippen LogP contribution in [0.5, 0.6) is 11.5 Å². The van der Waals surface area contributed by atoms with Gasteiger partial charge in [-0.15, -0.1) is 0 Å². The van der Waals surface area contributed by atoms with E-state index < -0.39 is 22.3 Å². The van der Waals surface area contributed by atoms with E-state index in [-0.39, 0.29) is 18.4 Å². The molecule has 4 rings (SSSR count). The number of halogens is 1. The molecular formula is C18H15FN2O5. The maximum atomic E-state index is 14.4. The molecule has 8 heteroatoms. The van der Waals surface area contributed by atoms with E-state index in [0.29, 0.717) is 18.0 Å². The number of fused-ring (bicyclic) bond motifs is 1. The van der Waals surface area contributed by atoms with Crippen molar-refractivity contribution in [1.29, 1.82) is 0 Å². The molecule has 0 aliphatic carbocycles. The van der Waals surface area contributed by atoms with Gasteiger partial charge < -0.3 is 14.4 Å². The molecule has 1 fully saturated rings. The highest BCUT2D eigenvalue weighted by Gasteiger charge is 2.34. The Morgan fingerprint density at radius 2 is 2.04 bits per heavy atom. The van der Waals surface area contributed by atoms with Gasteiger partial charge in [-0.25, -0.2) is 0 Å². The van der Waals surface area contributed by atoms with Crippen molar-refractivity contribution in [2.45, 2.75) is 18.9 Å². The van der Waals surface area contributed by atoms with Crippen LogP contribution in [0.3, 0.4) is 0 Å². The highest BCUT2D eigenvalue weighted by molar-refractivity contribution is 5.95. The van der Waals surface area contributed by atoms with Crippen LogP contribution in [0.4, 0.5) is 10.1 Å². The fourth-order valence-electron chi connectivity index (χ4n) is 3.46. The number of rotatable bonds is 3. The van der Waals surface area contributed by atoms with Gasteiger partial charge in [0.05, 0.1) is 16.5 Å². The highest BCUT2D eigenvalue weighted by atomic mass is 19.1. The maximum Gasteiger partial charge on any atom is 0.305 e. The number of benzene rings is 2. The monoisotopic (exact) mass is 358 g/mol. The second-order valence-corrected chi connectivity index (χ2v) is 6.17. The van der Waals surface area contributed by atoms with Crippen LogP contribution in [-0.4, -0.2) is 29.1 Å². The van der Waals surface area contributed by atoms with E-state index in [1.807, 2.05) is 12.1 Å². The van der Waals surface area contributed by atoms with Crippen LogP contribution in [0.1, 0.15) is 34.8 Å². The summed E-state index contributed by atoms with van der Waals surface area (Å²) >= 11 is 0. The minimum atomic E-state index is -1.10. The van der Waals surface area contributed by atoms with Gasteiger partial charge in [-0.3, -0.25) is 14.9 Å². The number of amides is 1. The smallest absolute Gasteiger partial charge is 0.305 e. The van der Waals surface area contributed by atoms with E-state index in [4.69, 9.17) is 9.47 Å². The van der Waals surface area contributed by atoms with Crippen molar-refractivity contribution >= 4 is 11.6 Å². The quantitative estimate of drug-likeness (QED) is 0.620. The molecule has 2 heterocycles. The average Bonchev–Trinajstić information content (AvgIpc) is 3.29. The fourth-order valence-corrected chi connectivity index (χ4v) is 3.46. The number of hydrogen-bond acceptors (Lipinski definition) is 5. The summed E-state index contributed by atoms with van der Waals surface area (Å²) in [6.45, 7) is 0.616. The number of nitrogens with zero attached hydrogens (tertiary/aromatic N) is 2. The van der Waals surface area contributed by atoms with Crippen molar-refractivity contribution in [3.05, 3.63) is 63.5 Å². The second kappa shape index (κ2) is 6.29. The molecule has 1 saturated heterocycles. The number of nitro groups is 1. The zero-order valence-corrected chi connectivity index (χ0v) is 13.7. The highest BCUT2D eigenvalue weighted by Crippen LogP contribution is 2.39. The molecule has 26 heavy (non-hydrogen) atoms. The Hall–Kier alpha value is -3.16. The third-order valence-electron chi connectivity index (χ3n) is 4.70. The third kappa shape index (κ3) is 2.63. The third-order valence-corrected chi connectivity index (χ3v) is 4.70. The molecule has 0 N–H and O–H groups in total. The van der Waals surface area contributed by atoms with Crippen LogP contribution in [0.25, 0.3) is 0 Å². The number of carbonyl (C=O) groups is 1.